The number of nitrogens with zero attached hydrogens (tertiary/aromatic N) is 3. The summed E-state index contributed by atoms with van der Waals surface area (Å²) in [5.41, 5.74) is 1.38. The van der Waals surface area contributed by atoms with Crippen molar-refractivity contribution >= 4 is 17.6 Å². The van der Waals surface area contributed by atoms with Crippen LogP contribution in [-0.4, -0.2) is 34.7 Å². The van der Waals surface area contributed by atoms with E-state index in [1.165, 1.54) is 18.4 Å². The first-order valence-electron chi connectivity index (χ1n) is 11.0. The fourth-order valence-corrected chi connectivity index (χ4v) is 4.00. The number of pyridine rings is 1. The fourth-order valence-electron chi connectivity index (χ4n) is 4.00. The summed E-state index contributed by atoms with van der Waals surface area (Å²) in [5.74, 6) is 1.21. The van der Waals surface area contributed by atoms with Crippen LogP contribution < -0.4 is 4.90 Å². The first kappa shape index (κ1) is 22.3. The molecule has 3 rings (SSSR count). The van der Waals surface area contributed by atoms with E-state index in [-0.39, 0.29) is 0 Å². The van der Waals surface area contributed by atoms with Gasteiger partial charge >= 0.3 is 6.09 Å². The third kappa shape index (κ3) is 5.82. The zero-order valence-corrected chi connectivity index (χ0v) is 19.0. The normalized spacial score (nSPS) is 17.7. The number of hydrogen-bond acceptors (Lipinski definition) is 4. The predicted molar refractivity (Wildman–Crippen MR) is 122 cm³/mol. The number of amides is 1. The number of para-hydroxylation sites is 1. The van der Waals surface area contributed by atoms with Gasteiger partial charge in [-0.05, 0) is 69.8 Å². The molecule has 5 nitrogen and oxygen atoms in total. The van der Waals surface area contributed by atoms with Crippen molar-refractivity contribution in [1.29, 1.82) is 0 Å². The van der Waals surface area contributed by atoms with Gasteiger partial charge in [0.25, 0.3) is 0 Å². The van der Waals surface area contributed by atoms with Gasteiger partial charge in [-0.25, -0.2) is 14.7 Å². The summed E-state index contributed by atoms with van der Waals surface area (Å²) in [7, 11) is 0. The molecular formula is C25H35N3O2. The maximum Gasteiger partial charge on any atom is 0.420 e. The zero-order valence-electron chi connectivity index (χ0n) is 19.0. The summed E-state index contributed by atoms with van der Waals surface area (Å²) in [6.45, 7) is 12.4. The minimum absolute atomic E-state index is 0.398. The molecule has 1 amide bonds. The van der Waals surface area contributed by atoms with Gasteiger partial charge in [-0.15, -0.1) is 0 Å². The summed E-state index contributed by atoms with van der Waals surface area (Å²) in [5, 5.41) is 0. The van der Waals surface area contributed by atoms with Gasteiger partial charge in [0, 0.05) is 18.8 Å². The van der Waals surface area contributed by atoms with Crippen LogP contribution >= 0.6 is 0 Å². The second kappa shape index (κ2) is 9.61. The molecule has 0 radical (unpaired) electrons. The Hall–Kier alpha value is -2.40. The van der Waals surface area contributed by atoms with E-state index in [9.17, 15) is 4.79 Å². The minimum Gasteiger partial charge on any atom is -0.443 e. The summed E-state index contributed by atoms with van der Waals surface area (Å²) >= 11 is 0. The average Bonchev–Trinajstić information content (AvgIpc) is 2.68. The van der Waals surface area contributed by atoms with Gasteiger partial charge in [-0.3, -0.25) is 4.90 Å². The molecule has 1 fully saturated rings. The molecule has 30 heavy (non-hydrogen) atoms. The molecule has 0 spiro atoms. The maximum atomic E-state index is 13.0. The Bertz CT molecular complexity index is 813. The summed E-state index contributed by atoms with van der Waals surface area (Å²) in [6.07, 6.45) is 5.17. The Kier molecular flexibility index (Phi) is 7.14. The van der Waals surface area contributed by atoms with Crippen LogP contribution in [0.3, 0.4) is 0 Å². The van der Waals surface area contributed by atoms with Gasteiger partial charge in [-0.1, -0.05) is 44.5 Å². The lowest BCUT2D eigenvalue weighted by atomic mass is 9.95. The van der Waals surface area contributed by atoms with E-state index in [0.717, 1.165) is 25.2 Å². The van der Waals surface area contributed by atoms with Gasteiger partial charge in [0.15, 0.2) is 0 Å². The van der Waals surface area contributed by atoms with Crippen LogP contribution in [0.1, 0.15) is 65.5 Å². The van der Waals surface area contributed by atoms with Gasteiger partial charge < -0.3 is 4.74 Å². The standard InChI is InChI=1S/C25H35N3O2/c1-19(2)18-27-16-10-9-13-22(27)20-14-15-23(26-17-20)28(21-11-7-6-8-12-21)24(29)30-25(3,4)5/h6-8,11-12,14-15,17,19,22H,9-10,13,16,18H2,1-5H3/t22-/m1/s1. The summed E-state index contributed by atoms with van der Waals surface area (Å²) < 4.78 is 5.65. The molecule has 0 saturated carbocycles. The van der Waals surface area contributed by atoms with Crippen LogP contribution in [0.5, 0.6) is 0 Å². The first-order chi connectivity index (χ1) is 14.2. The largest absolute Gasteiger partial charge is 0.443 e. The predicted octanol–water partition coefficient (Wildman–Crippen LogP) is 6.34. The SMILES string of the molecule is CC(C)CN1CCCC[C@@H]1c1ccc(N(C(=O)OC(C)(C)C)c2ccccc2)nc1. The molecular weight excluding hydrogens is 374 g/mol. The third-order valence-corrected chi connectivity index (χ3v) is 5.19. The number of likely N-dealkylation sites (tertiary alicyclic amines) is 1. The Morgan fingerprint density at radius 3 is 2.50 bits per heavy atom. The highest BCUT2D eigenvalue weighted by Gasteiger charge is 2.28. The van der Waals surface area contributed by atoms with E-state index in [1.807, 2.05) is 63.4 Å². The number of anilines is 2. The topological polar surface area (TPSA) is 45.7 Å². The number of rotatable bonds is 5. The van der Waals surface area contributed by atoms with E-state index >= 15 is 0 Å². The average molecular weight is 410 g/mol. The lowest BCUT2D eigenvalue weighted by Crippen LogP contribution is -2.36. The Morgan fingerprint density at radius 1 is 1.17 bits per heavy atom. The smallest absolute Gasteiger partial charge is 0.420 e. The van der Waals surface area contributed by atoms with Crippen molar-refractivity contribution in [2.45, 2.75) is 65.5 Å². The zero-order chi connectivity index (χ0) is 21.7. The van der Waals surface area contributed by atoms with Gasteiger partial charge in [0.2, 0.25) is 0 Å². The molecule has 1 aromatic heterocycles. The van der Waals surface area contributed by atoms with Crippen molar-refractivity contribution in [3.8, 4) is 0 Å². The number of aromatic nitrogens is 1. The lowest BCUT2D eigenvalue weighted by molar-refractivity contribution is 0.0598. The van der Waals surface area contributed by atoms with E-state index in [4.69, 9.17) is 9.72 Å². The van der Waals surface area contributed by atoms with Crippen LogP contribution in [0.4, 0.5) is 16.3 Å². The molecule has 0 N–H and O–H groups in total. The van der Waals surface area contributed by atoms with Crippen molar-refractivity contribution in [2.24, 2.45) is 5.92 Å². The van der Waals surface area contributed by atoms with Gasteiger partial charge in [0.1, 0.15) is 11.4 Å². The highest BCUT2D eigenvalue weighted by molar-refractivity contribution is 5.95. The van der Waals surface area contributed by atoms with Crippen LogP contribution in [0.25, 0.3) is 0 Å². The highest BCUT2D eigenvalue weighted by atomic mass is 16.6. The molecule has 1 aliphatic heterocycles. The van der Waals surface area contributed by atoms with Crippen LogP contribution in [-0.2, 0) is 4.74 Å². The van der Waals surface area contributed by atoms with Gasteiger partial charge in [0.05, 0.1) is 5.69 Å². The lowest BCUT2D eigenvalue weighted by Gasteiger charge is -2.37. The molecule has 2 aromatic rings. The van der Waals surface area contributed by atoms with E-state index in [1.54, 1.807) is 4.90 Å². The number of benzene rings is 1. The molecule has 1 aromatic carbocycles. The van der Waals surface area contributed by atoms with E-state index in [2.05, 4.69) is 24.8 Å². The highest BCUT2D eigenvalue weighted by Crippen LogP contribution is 2.33. The van der Waals surface area contributed by atoms with Crippen molar-refractivity contribution in [2.75, 3.05) is 18.0 Å². The molecule has 0 unspecified atom stereocenters. The van der Waals surface area contributed by atoms with E-state index in [0.29, 0.717) is 17.8 Å². The van der Waals surface area contributed by atoms with Crippen LogP contribution in [0, 0.1) is 5.92 Å². The number of piperidine rings is 1. The van der Waals surface area contributed by atoms with Crippen molar-refractivity contribution in [3.05, 3.63) is 54.2 Å². The minimum atomic E-state index is -0.580. The van der Waals surface area contributed by atoms with Crippen LogP contribution in [0.15, 0.2) is 48.7 Å². The fraction of sp³-hybridized carbons (Fsp3) is 0.520. The Balaban J connectivity index is 1.87. The quantitative estimate of drug-likeness (QED) is 0.578. The summed E-state index contributed by atoms with van der Waals surface area (Å²) in [6, 6.07) is 14.0. The van der Waals surface area contributed by atoms with Crippen LogP contribution in [0.2, 0.25) is 0 Å². The molecule has 162 valence electrons. The Morgan fingerprint density at radius 2 is 1.90 bits per heavy atom. The third-order valence-electron chi connectivity index (χ3n) is 5.19. The molecule has 0 bridgehead atoms. The molecule has 1 saturated heterocycles. The van der Waals surface area contributed by atoms with Gasteiger partial charge in [-0.2, -0.15) is 0 Å². The molecule has 1 atom stereocenters. The van der Waals surface area contributed by atoms with Crippen molar-refractivity contribution < 1.29 is 9.53 Å². The monoisotopic (exact) mass is 409 g/mol. The number of hydrogen-bond donors (Lipinski definition) is 0. The number of carbonyl (C=O) groups excluding carboxylic acids is 1. The number of ether oxygens (including phenoxy) is 1. The van der Waals surface area contributed by atoms with E-state index < -0.39 is 11.7 Å². The molecule has 0 aliphatic carbocycles. The second-order valence-electron chi connectivity index (χ2n) is 9.50. The second-order valence-corrected chi connectivity index (χ2v) is 9.50. The summed E-state index contributed by atoms with van der Waals surface area (Å²) in [4.78, 5) is 21.8. The molecule has 2 heterocycles. The first-order valence-corrected chi connectivity index (χ1v) is 11.0. The number of carbonyl (C=O) groups is 1. The molecule has 1 aliphatic rings. The maximum absolute atomic E-state index is 13.0. The Labute approximate surface area is 181 Å². The molecule has 5 heteroatoms. The van der Waals surface area contributed by atoms with Crippen molar-refractivity contribution in [1.82, 2.24) is 9.88 Å². The van der Waals surface area contributed by atoms with Crippen molar-refractivity contribution in [3.63, 3.8) is 0 Å².